The molecule has 104 valence electrons. The number of nitrogens with one attached hydrogen (secondary N) is 1. The highest BCUT2D eigenvalue weighted by atomic mass is 35.5. The van der Waals surface area contributed by atoms with Crippen LogP contribution in [0.2, 0.25) is 0 Å². The first-order valence-electron chi connectivity index (χ1n) is 6.21. The highest BCUT2D eigenvalue weighted by molar-refractivity contribution is 5.91. The fourth-order valence-electron chi connectivity index (χ4n) is 2.62. The van der Waals surface area contributed by atoms with Gasteiger partial charge in [0.15, 0.2) is 0 Å². The third kappa shape index (κ3) is 2.67. The molecule has 6 heteroatoms. The van der Waals surface area contributed by atoms with Gasteiger partial charge in [0.2, 0.25) is 0 Å². The molecule has 2 aliphatic rings. The smallest absolute Gasteiger partial charge is 0.414 e. The summed E-state index contributed by atoms with van der Waals surface area (Å²) in [4.78, 5) is 13.6. The molecule has 1 fully saturated rings. The molecule has 1 N–H and O–H groups in total. The third-order valence-corrected chi connectivity index (χ3v) is 3.52. The van der Waals surface area contributed by atoms with E-state index in [2.05, 4.69) is 5.32 Å². The molecule has 1 saturated heterocycles. The van der Waals surface area contributed by atoms with Gasteiger partial charge in [0, 0.05) is 11.6 Å². The van der Waals surface area contributed by atoms with Crippen LogP contribution in [0.3, 0.4) is 0 Å². The summed E-state index contributed by atoms with van der Waals surface area (Å²) in [5, 5.41) is 3.26. The Bertz CT molecular complexity index is 478. The Morgan fingerprint density at radius 1 is 1.32 bits per heavy atom. The minimum atomic E-state index is -0.319. The molecule has 1 amide bonds. The number of carbonyl (C=O) groups excluding carboxylic acids is 1. The van der Waals surface area contributed by atoms with Gasteiger partial charge in [-0.25, -0.2) is 9.18 Å². The van der Waals surface area contributed by atoms with Crippen molar-refractivity contribution in [1.29, 1.82) is 0 Å². The first kappa shape index (κ1) is 14.1. The Kier molecular flexibility index (Phi) is 4.27. The number of hydrogen-bond donors (Lipinski definition) is 1. The Labute approximate surface area is 117 Å². The molecule has 19 heavy (non-hydrogen) atoms. The number of anilines is 1. The van der Waals surface area contributed by atoms with E-state index in [1.807, 2.05) is 0 Å². The predicted octanol–water partition coefficient (Wildman–Crippen LogP) is 2.46. The summed E-state index contributed by atoms with van der Waals surface area (Å²) in [6, 6.07) is 4.65. The van der Waals surface area contributed by atoms with E-state index in [1.165, 1.54) is 12.1 Å². The molecule has 1 aromatic carbocycles. The zero-order valence-electron chi connectivity index (χ0n) is 10.4. The van der Waals surface area contributed by atoms with Crippen molar-refractivity contribution in [1.82, 2.24) is 5.32 Å². The van der Waals surface area contributed by atoms with Gasteiger partial charge in [-0.2, -0.15) is 0 Å². The van der Waals surface area contributed by atoms with Crippen molar-refractivity contribution in [2.45, 2.75) is 25.5 Å². The van der Waals surface area contributed by atoms with Gasteiger partial charge in [-0.05, 0) is 44.1 Å². The van der Waals surface area contributed by atoms with Crippen LogP contribution in [0.1, 0.15) is 18.4 Å². The number of halogens is 2. The number of cyclic esters (lactones) is 1. The lowest BCUT2D eigenvalue weighted by molar-refractivity contribution is 0.137. The van der Waals surface area contributed by atoms with Crippen LogP contribution in [0.15, 0.2) is 18.2 Å². The number of nitrogens with zero attached hydrogens (tertiary/aromatic N) is 1. The molecule has 0 unspecified atom stereocenters. The van der Waals surface area contributed by atoms with Gasteiger partial charge in [-0.1, -0.05) is 0 Å². The van der Waals surface area contributed by atoms with Gasteiger partial charge in [0.25, 0.3) is 0 Å². The van der Waals surface area contributed by atoms with Crippen molar-refractivity contribution in [2.24, 2.45) is 0 Å². The van der Waals surface area contributed by atoms with Gasteiger partial charge in [-0.15, -0.1) is 12.4 Å². The summed E-state index contributed by atoms with van der Waals surface area (Å²) in [6.45, 7) is 1.95. The first-order valence-corrected chi connectivity index (χ1v) is 6.21. The van der Waals surface area contributed by atoms with Gasteiger partial charge in [0.1, 0.15) is 12.4 Å². The number of rotatable bonds is 1. The second kappa shape index (κ2) is 5.75. The van der Waals surface area contributed by atoms with E-state index in [4.69, 9.17) is 4.74 Å². The summed E-state index contributed by atoms with van der Waals surface area (Å²) in [5.41, 5.74) is 1.53. The van der Waals surface area contributed by atoms with Gasteiger partial charge < -0.3 is 10.1 Å². The first-order chi connectivity index (χ1) is 8.75. The largest absolute Gasteiger partial charge is 0.444 e. The quantitative estimate of drug-likeness (QED) is 0.862. The lowest BCUT2D eigenvalue weighted by atomic mass is 10.0. The van der Waals surface area contributed by atoms with Crippen molar-refractivity contribution >= 4 is 24.2 Å². The summed E-state index contributed by atoms with van der Waals surface area (Å²) in [5.74, 6) is -0.294. The fraction of sp³-hybridized carbons (Fsp3) is 0.462. The molecule has 2 heterocycles. The van der Waals surface area contributed by atoms with Crippen LogP contribution in [0.4, 0.5) is 14.9 Å². The monoisotopic (exact) mass is 286 g/mol. The van der Waals surface area contributed by atoms with E-state index in [1.54, 1.807) is 11.0 Å². The van der Waals surface area contributed by atoms with E-state index >= 15 is 0 Å². The average Bonchev–Trinajstić information content (AvgIpc) is 2.40. The Morgan fingerprint density at radius 2 is 2.05 bits per heavy atom. The fourth-order valence-corrected chi connectivity index (χ4v) is 2.62. The minimum Gasteiger partial charge on any atom is -0.444 e. The van der Waals surface area contributed by atoms with Crippen LogP contribution < -0.4 is 10.2 Å². The second-order valence-corrected chi connectivity index (χ2v) is 4.68. The molecular weight excluding hydrogens is 271 g/mol. The SMILES string of the molecule is Cl.O=C1OCc2cc(F)ccc2N1C1CCNCC1. The van der Waals surface area contributed by atoms with Crippen LogP contribution in [-0.2, 0) is 11.3 Å². The summed E-state index contributed by atoms with van der Waals surface area (Å²) >= 11 is 0. The van der Waals surface area contributed by atoms with Crippen molar-refractivity contribution in [3.05, 3.63) is 29.6 Å². The molecule has 0 aromatic heterocycles. The van der Waals surface area contributed by atoms with E-state index < -0.39 is 0 Å². The van der Waals surface area contributed by atoms with Crippen molar-refractivity contribution in [2.75, 3.05) is 18.0 Å². The number of ether oxygens (including phenoxy) is 1. The maximum Gasteiger partial charge on any atom is 0.414 e. The lowest BCUT2D eigenvalue weighted by Gasteiger charge is -2.37. The maximum absolute atomic E-state index is 13.2. The van der Waals surface area contributed by atoms with E-state index in [0.29, 0.717) is 0 Å². The molecule has 1 aromatic rings. The topological polar surface area (TPSA) is 41.6 Å². The van der Waals surface area contributed by atoms with Crippen LogP contribution >= 0.6 is 12.4 Å². The number of amides is 1. The standard InChI is InChI=1S/C13H15FN2O2.ClH/c14-10-1-2-12-9(7-10)8-18-13(17)16(12)11-3-5-15-6-4-11;/h1-2,7,11,15H,3-6,8H2;1H. The normalized spacial score (nSPS) is 19.4. The lowest BCUT2D eigenvalue weighted by Crippen LogP contribution is -2.48. The molecule has 0 spiro atoms. The summed E-state index contributed by atoms with van der Waals surface area (Å²) < 4.78 is 18.3. The highest BCUT2D eigenvalue weighted by Gasteiger charge is 2.32. The van der Waals surface area contributed by atoms with E-state index in [-0.39, 0.29) is 37.0 Å². The third-order valence-electron chi connectivity index (χ3n) is 3.52. The Balaban J connectivity index is 0.00000133. The zero-order valence-corrected chi connectivity index (χ0v) is 11.2. The average molecular weight is 287 g/mol. The van der Waals surface area contributed by atoms with Crippen molar-refractivity contribution < 1.29 is 13.9 Å². The number of piperidine rings is 1. The van der Waals surface area contributed by atoms with E-state index in [0.717, 1.165) is 37.2 Å². The Morgan fingerprint density at radius 3 is 2.79 bits per heavy atom. The molecule has 4 nitrogen and oxygen atoms in total. The number of benzene rings is 1. The van der Waals surface area contributed by atoms with Crippen molar-refractivity contribution in [3.8, 4) is 0 Å². The highest BCUT2D eigenvalue weighted by Crippen LogP contribution is 2.31. The number of carbonyl (C=O) groups is 1. The van der Waals surface area contributed by atoms with Crippen LogP contribution in [-0.4, -0.2) is 25.2 Å². The molecule has 0 aliphatic carbocycles. The van der Waals surface area contributed by atoms with Crippen molar-refractivity contribution in [3.63, 3.8) is 0 Å². The van der Waals surface area contributed by atoms with Gasteiger partial charge in [0.05, 0.1) is 5.69 Å². The van der Waals surface area contributed by atoms with Gasteiger partial charge in [-0.3, -0.25) is 4.90 Å². The maximum atomic E-state index is 13.2. The Hall–Kier alpha value is -1.33. The second-order valence-electron chi connectivity index (χ2n) is 4.68. The summed E-state index contributed by atoms with van der Waals surface area (Å²) in [6.07, 6.45) is 1.47. The van der Waals surface area contributed by atoms with Crippen LogP contribution in [0.25, 0.3) is 0 Å². The molecule has 0 radical (unpaired) electrons. The number of hydrogen-bond acceptors (Lipinski definition) is 3. The molecule has 0 bridgehead atoms. The zero-order chi connectivity index (χ0) is 12.5. The van der Waals surface area contributed by atoms with Crippen LogP contribution in [0, 0.1) is 5.82 Å². The minimum absolute atomic E-state index is 0. The molecule has 3 rings (SSSR count). The predicted molar refractivity (Wildman–Crippen MR) is 72.2 cm³/mol. The van der Waals surface area contributed by atoms with Gasteiger partial charge >= 0.3 is 6.09 Å². The van der Waals surface area contributed by atoms with Crippen LogP contribution in [0.5, 0.6) is 0 Å². The molecule has 2 aliphatic heterocycles. The molecule has 0 atom stereocenters. The number of fused-ring (bicyclic) bond motifs is 1. The summed E-state index contributed by atoms with van der Waals surface area (Å²) in [7, 11) is 0. The molecular formula is C13H16ClFN2O2. The molecule has 0 saturated carbocycles. The van der Waals surface area contributed by atoms with E-state index in [9.17, 15) is 9.18 Å².